The lowest BCUT2D eigenvalue weighted by atomic mass is 10.1. The summed E-state index contributed by atoms with van der Waals surface area (Å²) in [5.74, 6) is -0.961. The lowest BCUT2D eigenvalue weighted by Gasteiger charge is -2.23. The van der Waals surface area contributed by atoms with Gasteiger partial charge >= 0.3 is 11.7 Å². The van der Waals surface area contributed by atoms with E-state index in [9.17, 15) is 19.2 Å². The third kappa shape index (κ3) is 5.11. The van der Waals surface area contributed by atoms with E-state index in [0.717, 1.165) is 24.2 Å². The van der Waals surface area contributed by atoms with E-state index in [4.69, 9.17) is 10.5 Å². The maximum atomic E-state index is 12.6. The van der Waals surface area contributed by atoms with Crippen LogP contribution in [0.4, 0.5) is 11.5 Å². The van der Waals surface area contributed by atoms with Crippen molar-refractivity contribution in [1.82, 2.24) is 9.55 Å². The highest BCUT2D eigenvalue weighted by Gasteiger charge is 2.24. The van der Waals surface area contributed by atoms with Crippen molar-refractivity contribution in [3.8, 4) is 0 Å². The number of unbranched alkanes of at least 4 members (excludes halogenated alkanes) is 1. The molecule has 9 nitrogen and oxygen atoms in total. The van der Waals surface area contributed by atoms with Gasteiger partial charge in [-0.2, -0.15) is 0 Å². The Bertz CT molecular complexity index is 855. The summed E-state index contributed by atoms with van der Waals surface area (Å²) in [6.45, 7) is 3.62. The highest BCUT2D eigenvalue weighted by molar-refractivity contribution is 5.97. The molecule has 0 unspecified atom stereocenters. The van der Waals surface area contributed by atoms with Gasteiger partial charge in [0.1, 0.15) is 5.82 Å². The van der Waals surface area contributed by atoms with E-state index in [1.807, 2.05) is 19.1 Å². The predicted octanol–water partition coefficient (Wildman–Crippen LogP) is 1.17. The quantitative estimate of drug-likeness (QED) is 0.480. The number of H-pyrrole nitrogens is 1. The molecule has 0 spiro atoms. The van der Waals surface area contributed by atoms with Gasteiger partial charge in [-0.3, -0.25) is 23.9 Å². The van der Waals surface area contributed by atoms with Crippen molar-refractivity contribution in [1.29, 1.82) is 0 Å². The molecule has 1 aliphatic rings. The molecule has 2 rings (SSSR count). The van der Waals surface area contributed by atoms with E-state index in [2.05, 4.69) is 4.98 Å². The second-order valence-corrected chi connectivity index (χ2v) is 6.77. The Kier molecular flexibility index (Phi) is 7.60. The number of nitrogens with zero attached hydrogens (tertiary/aromatic N) is 2. The molecule has 1 aromatic rings. The van der Waals surface area contributed by atoms with Gasteiger partial charge in [0.15, 0.2) is 12.3 Å². The number of nitrogen functional groups attached to an aromatic ring is 1. The van der Waals surface area contributed by atoms with Crippen LogP contribution in [0.1, 0.15) is 46.0 Å². The average molecular weight is 392 g/mol. The topological polar surface area (TPSA) is 127 Å². The number of likely N-dealkylation sites (N-methyl/N-ethyl adjacent to an activating group) is 1. The van der Waals surface area contributed by atoms with Crippen molar-refractivity contribution in [2.24, 2.45) is 5.92 Å². The zero-order valence-corrected chi connectivity index (χ0v) is 16.4. The van der Waals surface area contributed by atoms with Gasteiger partial charge in [-0.1, -0.05) is 25.5 Å². The molecule has 0 saturated heterocycles. The molecule has 3 N–H and O–H groups in total. The molecular weight excluding hydrogens is 364 g/mol. The van der Waals surface area contributed by atoms with E-state index in [0.29, 0.717) is 13.0 Å². The first kappa shape index (κ1) is 21.5. The molecule has 1 aromatic heterocycles. The molecule has 0 radical (unpaired) electrons. The van der Waals surface area contributed by atoms with Gasteiger partial charge < -0.3 is 15.4 Å². The summed E-state index contributed by atoms with van der Waals surface area (Å²) >= 11 is 0. The van der Waals surface area contributed by atoms with Crippen molar-refractivity contribution in [3.05, 3.63) is 33.0 Å². The van der Waals surface area contributed by atoms with E-state index in [-0.39, 0.29) is 30.4 Å². The Morgan fingerprint density at radius 1 is 1.36 bits per heavy atom. The number of aromatic nitrogens is 2. The maximum absolute atomic E-state index is 12.6. The monoisotopic (exact) mass is 392 g/mol. The second-order valence-electron chi connectivity index (χ2n) is 6.77. The molecule has 0 aliphatic heterocycles. The minimum atomic E-state index is -0.743. The van der Waals surface area contributed by atoms with Crippen LogP contribution in [0.25, 0.3) is 0 Å². The maximum Gasteiger partial charge on any atom is 0.330 e. The van der Waals surface area contributed by atoms with Crippen LogP contribution >= 0.6 is 0 Å². The molecule has 0 saturated carbocycles. The number of allylic oxidation sites excluding steroid dienone is 2. The standard InChI is InChI=1S/C19H28N4O5/c1-3-5-10-23-17(20)16(18(26)21-19(23)27)22(4-2)14(24)12-28-15(25)11-13-8-6-7-9-13/h6,8,13H,3-5,7,9-12,20H2,1-2H3,(H,21,26,27)/t13-/m1/s1. The van der Waals surface area contributed by atoms with Crippen molar-refractivity contribution in [2.45, 2.75) is 52.5 Å². The molecule has 28 heavy (non-hydrogen) atoms. The Morgan fingerprint density at radius 3 is 2.71 bits per heavy atom. The number of hydrogen-bond acceptors (Lipinski definition) is 6. The largest absolute Gasteiger partial charge is 0.456 e. The first-order valence-electron chi connectivity index (χ1n) is 9.64. The van der Waals surface area contributed by atoms with Gasteiger partial charge in [0, 0.05) is 13.1 Å². The number of rotatable bonds is 9. The van der Waals surface area contributed by atoms with E-state index < -0.39 is 29.7 Å². The zero-order valence-electron chi connectivity index (χ0n) is 16.4. The predicted molar refractivity (Wildman–Crippen MR) is 106 cm³/mol. The molecule has 9 heteroatoms. The van der Waals surface area contributed by atoms with Gasteiger partial charge in [-0.25, -0.2) is 4.79 Å². The Labute approximate surface area is 163 Å². The zero-order chi connectivity index (χ0) is 20.7. The third-order valence-corrected chi connectivity index (χ3v) is 4.73. The highest BCUT2D eigenvalue weighted by atomic mass is 16.5. The average Bonchev–Trinajstić information content (AvgIpc) is 3.15. The summed E-state index contributed by atoms with van der Waals surface area (Å²) in [5, 5.41) is 0. The van der Waals surface area contributed by atoms with Crippen LogP contribution < -0.4 is 21.9 Å². The third-order valence-electron chi connectivity index (χ3n) is 4.73. The normalized spacial score (nSPS) is 15.6. The van der Waals surface area contributed by atoms with Crippen molar-refractivity contribution in [3.63, 3.8) is 0 Å². The lowest BCUT2D eigenvalue weighted by molar-refractivity contribution is -0.148. The number of nitrogens with two attached hydrogens (primary N) is 1. The number of nitrogens with one attached hydrogen (secondary N) is 1. The minimum absolute atomic E-state index is 0.0696. The van der Waals surface area contributed by atoms with E-state index in [1.54, 1.807) is 6.92 Å². The van der Waals surface area contributed by atoms with Gasteiger partial charge in [0.25, 0.3) is 11.5 Å². The lowest BCUT2D eigenvalue weighted by Crippen LogP contribution is -2.42. The van der Waals surface area contributed by atoms with Crippen molar-refractivity contribution < 1.29 is 14.3 Å². The molecular formula is C19H28N4O5. The van der Waals surface area contributed by atoms with E-state index >= 15 is 0 Å². The van der Waals surface area contributed by atoms with Crippen LogP contribution in [-0.4, -0.2) is 34.6 Å². The first-order chi connectivity index (χ1) is 13.4. The van der Waals surface area contributed by atoms with E-state index in [1.165, 1.54) is 4.57 Å². The summed E-state index contributed by atoms with van der Waals surface area (Å²) in [4.78, 5) is 52.2. The molecule has 0 fully saturated rings. The Balaban J connectivity index is 2.13. The fraction of sp³-hybridized carbons (Fsp3) is 0.579. The molecule has 1 heterocycles. The summed E-state index contributed by atoms with van der Waals surface area (Å²) in [6.07, 6.45) is 7.59. The SMILES string of the molecule is CCCCn1c(N)c(N(CC)C(=O)COC(=O)C[C@@H]2C=CCC2)c(=O)[nH]c1=O. The Hall–Kier alpha value is -2.84. The van der Waals surface area contributed by atoms with Gasteiger partial charge in [0.05, 0.1) is 6.42 Å². The number of carbonyl (C=O) groups is 2. The highest BCUT2D eigenvalue weighted by Crippen LogP contribution is 2.21. The van der Waals surface area contributed by atoms with Crippen LogP contribution in [0, 0.1) is 5.92 Å². The number of hydrogen-bond donors (Lipinski definition) is 2. The van der Waals surface area contributed by atoms with Crippen molar-refractivity contribution >= 4 is 23.4 Å². The van der Waals surface area contributed by atoms with Crippen LogP contribution in [0.15, 0.2) is 21.7 Å². The second kappa shape index (κ2) is 9.91. The first-order valence-corrected chi connectivity index (χ1v) is 9.64. The molecule has 0 aromatic carbocycles. The number of amides is 1. The summed E-state index contributed by atoms with van der Waals surface area (Å²) in [6, 6.07) is 0. The molecule has 1 amide bonds. The number of ether oxygens (including phenoxy) is 1. The van der Waals surface area contributed by atoms with Crippen LogP contribution in [0.5, 0.6) is 0 Å². The summed E-state index contributed by atoms with van der Waals surface area (Å²) < 4.78 is 6.33. The molecule has 1 atom stereocenters. The number of aromatic amines is 1. The van der Waals surface area contributed by atoms with Gasteiger partial charge in [-0.05, 0) is 32.1 Å². The smallest absolute Gasteiger partial charge is 0.330 e. The number of esters is 1. The number of anilines is 2. The van der Waals surface area contributed by atoms with Crippen LogP contribution in [0.2, 0.25) is 0 Å². The fourth-order valence-corrected chi connectivity index (χ4v) is 3.19. The minimum Gasteiger partial charge on any atom is -0.456 e. The Morgan fingerprint density at radius 2 is 2.11 bits per heavy atom. The summed E-state index contributed by atoms with van der Waals surface area (Å²) in [7, 11) is 0. The summed E-state index contributed by atoms with van der Waals surface area (Å²) in [5.41, 5.74) is 4.58. The molecule has 0 bridgehead atoms. The number of carbonyl (C=O) groups excluding carboxylic acids is 2. The van der Waals surface area contributed by atoms with Crippen LogP contribution in [0.3, 0.4) is 0 Å². The van der Waals surface area contributed by atoms with Gasteiger partial charge in [-0.15, -0.1) is 0 Å². The molecule has 154 valence electrons. The fourth-order valence-electron chi connectivity index (χ4n) is 3.19. The van der Waals surface area contributed by atoms with Gasteiger partial charge in [0.2, 0.25) is 0 Å². The van der Waals surface area contributed by atoms with Crippen molar-refractivity contribution in [2.75, 3.05) is 23.8 Å². The molecule has 1 aliphatic carbocycles. The van der Waals surface area contributed by atoms with Crippen LogP contribution in [-0.2, 0) is 20.9 Å².